The Morgan fingerprint density at radius 3 is 2.19 bits per heavy atom. The molecule has 0 N–H and O–H groups in total. The van der Waals surface area contributed by atoms with Gasteiger partial charge in [-0.25, -0.2) is 0 Å². The summed E-state index contributed by atoms with van der Waals surface area (Å²) in [5.41, 5.74) is 3.63. The number of hydrogen-bond acceptors (Lipinski definition) is 2. The van der Waals surface area contributed by atoms with E-state index in [1.165, 1.54) is 83.4 Å². The van der Waals surface area contributed by atoms with Gasteiger partial charge in [-0.05, 0) is 67.5 Å². The Morgan fingerprint density at radius 1 is 0.889 bits per heavy atom. The molecule has 0 unspecified atom stereocenters. The molecule has 152 valence electrons. The Labute approximate surface area is 168 Å². The van der Waals surface area contributed by atoms with Crippen LogP contribution in [0.1, 0.15) is 84.1 Å². The minimum atomic E-state index is 0.471. The summed E-state index contributed by atoms with van der Waals surface area (Å²) in [6, 6.07) is 9.31. The fraction of sp³-hybridized carbons (Fsp3) is 0.760. The Kier molecular flexibility index (Phi) is 7.25. The smallest absolute Gasteiger partial charge is 0.0402 e. The van der Waals surface area contributed by atoms with Gasteiger partial charge in [-0.2, -0.15) is 0 Å². The van der Waals surface area contributed by atoms with Gasteiger partial charge in [0.1, 0.15) is 0 Å². The summed E-state index contributed by atoms with van der Waals surface area (Å²) in [5.74, 6) is 1.66. The molecule has 0 aromatic heterocycles. The molecule has 27 heavy (non-hydrogen) atoms. The van der Waals surface area contributed by atoms with Crippen molar-refractivity contribution in [1.29, 1.82) is 0 Å². The van der Waals surface area contributed by atoms with Crippen molar-refractivity contribution in [3.05, 3.63) is 29.8 Å². The van der Waals surface area contributed by atoms with Gasteiger partial charge in [0.05, 0.1) is 0 Å². The lowest BCUT2D eigenvalue weighted by Crippen LogP contribution is -2.47. The highest BCUT2D eigenvalue weighted by atomic mass is 15.3. The molecule has 2 nitrogen and oxygen atoms in total. The molecular formula is C25H42N2. The predicted molar refractivity (Wildman–Crippen MR) is 119 cm³/mol. The molecule has 2 heteroatoms. The summed E-state index contributed by atoms with van der Waals surface area (Å²) in [6.45, 7) is 15.7. The summed E-state index contributed by atoms with van der Waals surface area (Å²) < 4.78 is 0. The van der Waals surface area contributed by atoms with Gasteiger partial charge in [0, 0.05) is 31.9 Å². The third-order valence-corrected chi connectivity index (χ3v) is 7.12. The average Bonchev–Trinajstić information content (AvgIpc) is 2.68. The van der Waals surface area contributed by atoms with Crippen molar-refractivity contribution in [2.24, 2.45) is 11.3 Å². The van der Waals surface area contributed by atoms with Crippen LogP contribution in [0.15, 0.2) is 24.3 Å². The molecule has 1 aromatic carbocycles. The number of unbranched alkanes of at least 4 members (excludes halogenated alkanes) is 2. The molecule has 0 radical (unpaired) electrons. The second-order valence-corrected chi connectivity index (χ2v) is 10.0. The average molecular weight is 371 g/mol. The summed E-state index contributed by atoms with van der Waals surface area (Å²) in [6.07, 6.45) is 9.60. The molecule has 1 saturated carbocycles. The number of nitrogens with zero attached hydrogens (tertiary/aromatic N) is 2. The number of rotatable bonds is 6. The number of benzene rings is 1. The molecule has 0 spiro atoms. The standard InChI is InChI=1S/C25H42N2/c1-5-6-9-16-26-17-19-27(20-18-26)24-11-8-7-10-23(24)21-12-14-22(15-13-21)25(2,3)4/h7-8,10-11,21-22H,5-6,9,12-20H2,1-4H3. The lowest BCUT2D eigenvalue weighted by molar-refractivity contribution is 0.169. The first-order chi connectivity index (χ1) is 13.0. The first-order valence-corrected chi connectivity index (χ1v) is 11.5. The minimum absolute atomic E-state index is 0.471. The van der Waals surface area contributed by atoms with E-state index < -0.39 is 0 Å². The molecule has 1 saturated heterocycles. The van der Waals surface area contributed by atoms with Crippen LogP contribution in [0.25, 0.3) is 0 Å². The topological polar surface area (TPSA) is 6.48 Å². The van der Waals surface area contributed by atoms with Crippen molar-refractivity contribution in [3.8, 4) is 0 Å². The second kappa shape index (κ2) is 9.45. The van der Waals surface area contributed by atoms with Crippen LogP contribution in [0.3, 0.4) is 0 Å². The van der Waals surface area contributed by atoms with Crippen LogP contribution >= 0.6 is 0 Å². The van der Waals surface area contributed by atoms with Crippen molar-refractivity contribution in [2.45, 2.75) is 78.6 Å². The van der Waals surface area contributed by atoms with Gasteiger partial charge in [-0.15, -0.1) is 0 Å². The van der Waals surface area contributed by atoms with Crippen LogP contribution in [0.4, 0.5) is 5.69 Å². The molecule has 0 bridgehead atoms. The maximum absolute atomic E-state index is 2.67. The van der Waals surface area contributed by atoms with E-state index in [1.54, 1.807) is 5.56 Å². The number of anilines is 1. The molecule has 1 aliphatic carbocycles. The zero-order valence-electron chi connectivity index (χ0n) is 18.3. The van der Waals surface area contributed by atoms with Crippen molar-refractivity contribution in [2.75, 3.05) is 37.6 Å². The molecule has 1 heterocycles. The maximum Gasteiger partial charge on any atom is 0.0402 e. The zero-order valence-corrected chi connectivity index (χ0v) is 18.3. The van der Waals surface area contributed by atoms with E-state index in [0.29, 0.717) is 5.41 Å². The second-order valence-electron chi connectivity index (χ2n) is 10.0. The molecule has 3 rings (SSSR count). The van der Waals surface area contributed by atoms with E-state index in [-0.39, 0.29) is 0 Å². The van der Waals surface area contributed by atoms with Gasteiger partial charge < -0.3 is 4.90 Å². The summed E-state index contributed by atoms with van der Waals surface area (Å²) in [5, 5.41) is 0. The fourth-order valence-electron chi connectivity index (χ4n) is 5.19. The largest absolute Gasteiger partial charge is 0.369 e. The van der Waals surface area contributed by atoms with Gasteiger partial charge in [-0.1, -0.05) is 58.7 Å². The summed E-state index contributed by atoms with van der Waals surface area (Å²) in [7, 11) is 0. The summed E-state index contributed by atoms with van der Waals surface area (Å²) >= 11 is 0. The lowest BCUT2D eigenvalue weighted by Gasteiger charge is -2.40. The van der Waals surface area contributed by atoms with Crippen molar-refractivity contribution in [1.82, 2.24) is 4.90 Å². The van der Waals surface area contributed by atoms with E-state index in [2.05, 4.69) is 61.8 Å². The van der Waals surface area contributed by atoms with Gasteiger partial charge in [0.15, 0.2) is 0 Å². The van der Waals surface area contributed by atoms with Crippen LogP contribution in [-0.4, -0.2) is 37.6 Å². The van der Waals surface area contributed by atoms with E-state index >= 15 is 0 Å². The molecule has 1 aliphatic heterocycles. The van der Waals surface area contributed by atoms with Crippen LogP contribution in [-0.2, 0) is 0 Å². The third-order valence-electron chi connectivity index (χ3n) is 7.12. The van der Waals surface area contributed by atoms with Crippen LogP contribution < -0.4 is 4.90 Å². The van der Waals surface area contributed by atoms with Crippen LogP contribution in [0.5, 0.6) is 0 Å². The zero-order chi connectivity index (χ0) is 19.3. The highest BCUT2D eigenvalue weighted by Gasteiger charge is 2.31. The van der Waals surface area contributed by atoms with E-state index in [9.17, 15) is 0 Å². The molecule has 0 atom stereocenters. The number of para-hydroxylation sites is 1. The predicted octanol–water partition coefficient (Wildman–Crippen LogP) is 6.32. The lowest BCUT2D eigenvalue weighted by atomic mass is 9.68. The molecular weight excluding hydrogens is 328 g/mol. The summed E-state index contributed by atoms with van der Waals surface area (Å²) in [4.78, 5) is 5.34. The van der Waals surface area contributed by atoms with Crippen LogP contribution in [0.2, 0.25) is 0 Å². The Balaban J connectivity index is 1.59. The minimum Gasteiger partial charge on any atom is -0.369 e. The molecule has 1 aromatic rings. The quantitative estimate of drug-likeness (QED) is 0.541. The first-order valence-electron chi connectivity index (χ1n) is 11.5. The Morgan fingerprint density at radius 2 is 1.56 bits per heavy atom. The third kappa shape index (κ3) is 5.50. The molecule has 2 fully saturated rings. The first kappa shape index (κ1) is 20.7. The highest BCUT2D eigenvalue weighted by molar-refractivity contribution is 5.55. The monoisotopic (exact) mass is 370 g/mol. The van der Waals surface area contributed by atoms with Gasteiger partial charge >= 0.3 is 0 Å². The van der Waals surface area contributed by atoms with Crippen molar-refractivity contribution in [3.63, 3.8) is 0 Å². The van der Waals surface area contributed by atoms with Crippen molar-refractivity contribution >= 4 is 5.69 Å². The maximum atomic E-state index is 2.67. The van der Waals surface area contributed by atoms with E-state index in [1.807, 2.05) is 0 Å². The number of hydrogen-bond donors (Lipinski definition) is 0. The SMILES string of the molecule is CCCCCN1CCN(c2ccccc2C2CCC(C(C)(C)C)CC2)CC1. The molecule has 2 aliphatic rings. The Hall–Kier alpha value is -1.02. The molecule has 0 amide bonds. The van der Waals surface area contributed by atoms with E-state index in [4.69, 9.17) is 0 Å². The van der Waals surface area contributed by atoms with Gasteiger partial charge in [0.2, 0.25) is 0 Å². The van der Waals surface area contributed by atoms with Crippen molar-refractivity contribution < 1.29 is 0 Å². The normalized spacial score (nSPS) is 25.0. The number of piperazine rings is 1. The van der Waals surface area contributed by atoms with Crippen LogP contribution in [0, 0.1) is 11.3 Å². The fourth-order valence-corrected chi connectivity index (χ4v) is 5.19. The highest BCUT2D eigenvalue weighted by Crippen LogP contribution is 2.45. The van der Waals surface area contributed by atoms with E-state index in [0.717, 1.165) is 11.8 Å². The van der Waals surface area contributed by atoms with Gasteiger partial charge in [0.25, 0.3) is 0 Å². The van der Waals surface area contributed by atoms with Gasteiger partial charge in [-0.3, -0.25) is 4.90 Å². The Bertz CT molecular complexity index is 558.